The van der Waals surface area contributed by atoms with E-state index in [1.165, 1.54) is 11.1 Å². The molecule has 3 aromatic rings. The van der Waals surface area contributed by atoms with Crippen LogP contribution >= 0.6 is 11.6 Å². The first kappa shape index (κ1) is 37.3. The summed E-state index contributed by atoms with van der Waals surface area (Å²) in [7, 11) is -0.0794. The van der Waals surface area contributed by atoms with Crippen LogP contribution in [0.15, 0.2) is 65.2 Å². The lowest BCUT2D eigenvalue weighted by Crippen LogP contribution is -2.49. The minimum Gasteiger partial charge on any atom is -0.490 e. The highest BCUT2D eigenvalue weighted by atomic mass is 35.5. The summed E-state index contributed by atoms with van der Waals surface area (Å²) in [6.07, 6.45) is 13.2. The van der Waals surface area contributed by atoms with E-state index in [9.17, 15) is 13.8 Å². The van der Waals surface area contributed by atoms with Crippen molar-refractivity contribution in [3.8, 4) is 5.75 Å². The highest BCUT2D eigenvalue weighted by molar-refractivity contribution is 7.92. The van der Waals surface area contributed by atoms with Crippen molar-refractivity contribution in [3.63, 3.8) is 0 Å². The summed E-state index contributed by atoms with van der Waals surface area (Å²) in [4.78, 5) is 30.3. The fraction of sp³-hybridized carbons (Fsp3) is 0.524. The Morgan fingerprint density at radius 3 is 2.76 bits per heavy atom. The molecular formula is C42H51ClN4O6S. The van der Waals surface area contributed by atoms with E-state index in [1.54, 1.807) is 32.5 Å². The fourth-order valence-corrected chi connectivity index (χ4v) is 11.6. The Labute approximate surface area is 323 Å². The summed E-state index contributed by atoms with van der Waals surface area (Å²) in [5.74, 6) is 0.258. The Bertz CT molecular complexity index is 2070. The number of hydrogen-bond donors (Lipinski definition) is 1. The second-order valence-corrected chi connectivity index (χ2v) is 18.4. The zero-order valence-corrected chi connectivity index (χ0v) is 33.0. The van der Waals surface area contributed by atoms with E-state index in [0.29, 0.717) is 61.1 Å². The molecule has 2 amide bonds. The Morgan fingerprint density at radius 2 is 2.00 bits per heavy atom. The van der Waals surface area contributed by atoms with Gasteiger partial charge in [-0.1, -0.05) is 43.2 Å². The van der Waals surface area contributed by atoms with Crippen molar-refractivity contribution < 1.29 is 28.0 Å². The average Bonchev–Trinajstić information content (AvgIpc) is 3.69. The molecule has 1 spiro atoms. The average molecular weight is 775 g/mol. The van der Waals surface area contributed by atoms with Gasteiger partial charge in [0.2, 0.25) is 0 Å². The number of carbonyl (C=O) groups excluding carboxylic acids is 2. The number of aromatic nitrogens is 1. The molecule has 10 nitrogen and oxygen atoms in total. The van der Waals surface area contributed by atoms with Crippen molar-refractivity contribution in [1.82, 2.24) is 9.29 Å². The molecule has 5 aliphatic rings. The summed E-state index contributed by atoms with van der Waals surface area (Å²) in [5.41, 5.74) is 4.79. The Morgan fingerprint density at radius 1 is 1.13 bits per heavy atom. The van der Waals surface area contributed by atoms with Gasteiger partial charge in [-0.3, -0.25) is 14.3 Å². The molecule has 54 heavy (non-hydrogen) atoms. The van der Waals surface area contributed by atoms with Crippen molar-refractivity contribution >= 4 is 39.0 Å². The fourth-order valence-electron chi connectivity index (χ4n) is 9.45. The summed E-state index contributed by atoms with van der Waals surface area (Å²) < 4.78 is 42.2. The Hall–Kier alpha value is -3.64. The van der Waals surface area contributed by atoms with Crippen LogP contribution in [0.2, 0.25) is 5.02 Å². The number of ether oxygens (including phenoxy) is 3. The van der Waals surface area contributed by atoms with E-state index in [1.807, 2.05) is 29.7 Å². The highest BCUT2D eigenvalue weighted by Gasteiger charge is 2.44. The van der Waals surface area contributed by atoms with Crippen LogP contribution in [0.1, 0.15) is 83.0 Å². The van der Waals surface area contributed by atoms with Gasteiger partial charge in [0.15, 0.2) is 0 Å². The molecule has 1 N–H and O–H groups in total. The highest BCUT2D eigenvalue weighted by Crippen LogP contribution is 2.47. The maximum absolute atomic E-state index is 14.8. The van der Waals surface area contributed by atoms with Crippen molar-refractivity contribution in [2.45, 2.75) is 82.5 Å². The number of fused-ring (bicyclic) bond motifs is 5. The zero-order valence-electron chi connectivity index (χ0n) is 31.4. The van der Waals surface area contributed by atoms with E-state index >= 15 is 0 Å². The maximum Gasteiger partial charge on any atom is 0.286 e. The number of hydrogen-bond acceptors (Lipinski definition) is 7. The molecule has 1 saturated carbocycles. The molecule has 2 aliphatic carbocycles. The van der Waals surface area contributed by atoms with Gasteiger partial charge in [-0.25, -0.2) is 4.21 Å². The molecule has 1 aromatic heterocycles. The van der Waals surface area contributed by atoms with Gasteiger partial charge >= 0.3 is 0 Å². The Balaban J connectivity index is 1.18. The summed E-state index contributed by atoms with van der Waals surface area (Å²) in [6.45, 7) is 4.69. The molecule has 1 fully saturated rings. The third-order valence-electron chi connectivity index (χ3n) is 12.6. The predicted molar refractivity (Wildman–Crippen MR) is 211 cm³/mol. The second-order valence-electron chi connectivity index (χ2n) is 16.0. The first-order valence-electron chi connectivity index (χ1n) is 19.4. The van der Waals surface area contributed by atoms with Crippen LogP contribution in [0.5, 0.6) is 5.75 Å². The lowest BCUT2D eigenvalue weighted by molar-refractivity contribution is 0.0131. The van der Waals surface area contributed by atoms with E-state index in [2.05, 4.69) is 38.3 Å². The van der Waals surface area contributed by atoms with E-state index in [4.69, 9.17) is 25.8 Å². The first-order valence-corrected chi connectivity index (χ1v) is 21.5. The van der Waals surface area contributed by atoms with Gasteiger partial charge in [-0.05, 0) is 104 Å². The van der Waals surface area contributed by atoms with Crippen LogP contribution in [-0.2, 0) is 44.2 Å². The van der Waals surface area contributed by atoms with Crippen molar-refractivity contribution in [2.24, 2.45) is 22.1 Å². The Kier molecular flexibility index (Phi) is 10.4. The number of aryl methyl sites for hydroxylation is 1. The number of allylic oxidation sites excluding steroid dienone is 1. The van der Waals surface area contributed by atoms with Crippen LogP contribution in [0, 0.1) is 17.8 Å². The number of methoxy groups -OCH3 is 2. The smallest absolute Gasteiger partial charge is 0.286 e. The number of carbonyl (C=O) groups is 2. The molecule has 12 heteroatoms. The molecule has 4 heterocycles. The van der Waals surface area contributed by atoms with Gasteiger partial charge in [-0.2, -0.15) is 0 Å². The minimum atomic E-state index is -3.54. The van der Waals surface area contributed by atoms with Gasteiger partial charge in [0.05, 0.1) is 35.8 Å². The lowest BCUT2D eigenvalue weighted by atomic mass is 9.68. The van der Waals surface area contributed by atoms with E-state index in [-0.39, 0.29) is 29.3 Å². The number of nitrogens with one attached hydrogen (secondary N) is 1. The number of nitrogens with zero attached hydrogens (tertiary/aromatic N) is 3. The number of amides is 2. The number of anilines is 1. The van der Waals surface area contributed by atoms with Crippen molar-refractivity contribution in [2.75, 3.05) is 44.6 Å². The van der Waals surface area contributed by atoms with Gasteiger partial charge in [0, 0.05) is 68.2 Å². The molecule has 0 saturated heterocycles. The summed E-state index contributed by atoms with van der Waals surface area (Å²) in [5, 5.41) is 0.743. The third-order valence-corrected chi connectivity index (χ3v) is 14.8. The number of halogens is 1. The summed E-state index contributed by atoms with van der Waals surface area (Å²) in [6, 6.07) is 13.5. The van der Waals surface area contributed by atoms with E-state index in [0.717, 1.165) is 61.6 Å². The monoisotopic (exact) mass is 774 g/mol. The van der Waals surface area contributed by atoms with Gasteiger partial charge in [-0.15, -0.1) is 4.36 Å². The zero-order chi connectivity index (χ0) is 37.6. The second kappa shape index (κ2) is 15.1. The van der Waals surface area contributed by atoms with Gasteiger partial charge in [0.1, 0.15) is 15.7 Å². The maximum atomic E-state index is 14.8. The lowest BCUT2D eigenvalue weighted by Gasteiger charge is -2.46. The normalized spacial score (nSPS) is 31.2. The molecule has 288 valence electrons. The molecule has 2 bridgehead atoms. The van der Waals surface area contributed by atoms with Crippen LogP contribution < -0.4 is 14.4 Å². The van der Waals surface area contributed by atoms with Gasteiger partial charge in [0.25, 0.3) is 11.8 Å². The third kappa shape index (κ3) is 7.24. The SMILES string of the molecule is CC[C@H]1C/C=C/[C@H](OC)[C@@H]2CC[C@H]2CN2C[C@@]3(CCCc4cc(Cl)ccc43)COc3ccc(cc32)C(=O)N=S(=O)(NC(=O)c2cc3n(c2)CC(OC)C3)C1. The molecule has 8 rings (SSSR count). The molecular weight excluding hydrogens is 724 g/mol. The molecule has 0 radical (unpaired) electrons. The number of benzene rings is 2. The quantitative estimate of drug-likeness (QED) is 0.274. The van der Waals surface area contributed by atoms with Crippen molar-refractivity contribution in [3.05, 3.63) is 93.8 Å². The van der Waals surface area contributed by atoms with Crippen LogP contribution in [0.25, 0.3) is 0 Å². The standard InChI is InChI=1S/C42H51ClN4O6S/c1-4-27-7-5-9-38(52-3)35-13-10-30(35)21-47-25-42(16-6-8-28-17-32(43)12-14-36(28)42)26-53-39-15-11-29(19-37(39)47)40(48)44-54(50,24-27)45-41(49)31-18-33-20-34(51-2)23-46(33)22-31/h5,9,11-12,14-15,17-19,22,27,30,34-35,38H,4,6-8,10,13,16,20-21,23-26H2,1-3H3,(H,44,45,48,49,50)/b9-5+/t27-,30-,34?,35+,38-,42-,54?/m0/s1. The molecule has 3 aliphatic heterocycles. The summed E-state index contributed by atoms with van der Waals surface area (Å²) >= 11 is 6.48. The van der Waals surface area contributed by atoms with Crippen LogP contribution in [-0.4, -0.2) is 72.5 Å². The topological polar surface area (TPSA) is 111 Å². The van der Waals surface area contributed by atoms with Crippen LogP contribution in [0.3, 0.4) is 0 Å². The first-order chi connectivity index (χ1) is 26.1. The van der Waals surface area contributed by atoms with Crippen LogP contribution in [0.4, 0.5) is 5.69 Å². The molecule has 2 unspecified atom stereocenters. The number of rotatable bonds is 5. The minimum absolute atomic E-state index is 0.0421. The van der Waals surface area contributed by atoms with Gasteiger partial charge < -0.3 is 23.7 Å². The molecule has 7 atom stereocenters. The molecule has 2 aromatic carbocycles. The van der Waals surface area contributed by atoms with Crippen molar-refractivity contribution in [1.29, 1.82) is 0 Å². The predicted octanol–water partition coefficient (Wildman–Crippen LogP) is 7.17. The largest absolute Gasteiger partial charge is 0.490 e. The van der Waals surface area contributed by atoms with E-state index < -0.39 is 21.7 Å².